The van der Waals surface area contributed by atoms with Gasteiger partial charge in [-0.05, 0) is 46.7 Å². The third-order valence-corrected chi connectivity index (χ3v) is 5.08. The Bertz CT molecular complexity index is 894. The van der Waals surface area contributed by atoms with Gasteiger partial charge in [0.05, 0.1) is 10.0 Å². The number of carbonyl (C=O) groups is 2. The molecule has 0 spiro atoms. The summed E-state index contributed by atoms with van der Waals surface area (Å²) in [4.78, 5) is 24.3. The molecule has 2 rings (SSSR count). The van der Waals surface area contributed by atoms with Gasteiger partial charge in [-0.3, -0.25) is 4.79 Å². The molecule has 0 aliphatic carbocycles. The Morgan fingerprint density at radius 1 is 1.00 bits per heavy atom. The number of amides is 1. The number of benzene rings is 2. The van der Waals surface area contributed by atoms with Crippen molar-refractivity contribution in [2.45, 2.75) is 39.5 Å². The van der Waals surface area contributed by atoms with Gasteiger partial charge in [-0.25, -0.2) is 4.79 Å². The molecule has 0 saturated heterocycles. The third-order valence-electron chi connectivity index (χ3n) is 4.34. The van der Waals surface area contributed by atoms with Crippen LogP contribution in [0.3, 0.4) is 0 Å². The highest BCUT2D eigenvalue weighted by atomic mass is 35.5. The zero-order valence-electron chi connectivity index (χ0n) is 17.0. The number of rotatable bonds is 7. The van der Waals surface area contributed by atoms with Crippen LogP contribution in [-0.4, -0.2) is 18.5 Å². The van der Waals surface area contributed by atoms with Crippen molar-refractivity contribution in [3.8, 4) is 0 Å². The van der Waals surface area contributed by atoms with Crippen molar-refractivity contribution in [3.63, 3.8) is 0 Å². The highest BCUT2D eigenvalue weighted by molar-refractivity contribution is 6.42. The number of para-hydroxylation sites is 1. The first-order chi connectivity index (χ1) is 13.7. The normalized spacial score (nSPS) is 11.3. The molecule has 0 aliphatic heterocycles. The lowest BCUT2D eigenvalue weighted by atomic mass is 9.92. The SMILES string of the molecule is CC(C)c1cccc(C(C)C)c1NC(=O)COC(=O)/C=C/c1ccc(Cl)c(Cl)c1. The summed E-state index contributed by atoms with van der Waals surface area (Å²) in [6, 6.07) is 11.0. The van der Waals surface area contributed by atoms with Gasteiger partial charge < -0.3 is 10.1 Å². The van der Waals surface area contributed by atoms with Crippen molar-refractivity contribution in [2.75, 3.05) is 11.9 Å². The van der Waals surface area contributed by atoms with Gasteiger partial charge >= 0.3 is 5.97 Å². The largest absolute Gasteiger partial charge is 0.452 e. The van der Waals surface area contributed by atoms with Gasteiger partial charge in [0.15, 0.2) is 6.61 Å². The molecular formula is C23H25Cl2NO3. The van der Waals surface area contributed by atoms with Gasteiger partial charge in [0.1, 0.15) is 0 Å². The van der Waals surface area contributed by atoms with Gasteiger partial charge in [-0.15, -0.1) is 0 Å². The Morgan fingerprint density at radius 3 is 2.17 bits per heavy atom. The zero-order valence-corrected chi connectivity index (χ0v) is 18.5. The first-order valence-corrected chi connectivity index (χ1v) is 10.2. The van der Waals surface area contributed by atoms with Crippen LogP contribution in [-0.2, 0) is 14.3 Å². The Hall–Kier alpha value is -2.30. The van der Waals surface area contributed by atoms with E-state index in [1.807, 2.05) is 18.2 Å². The molecule has 2 aromatic carbocycles. The molecule has 4 nitrogen and oxygen atoms in total. The topological polar surface area (TPSA) is 55.4 Å². The Labute approximate surface area is 181 Å². The van der Waals surface area contributed by atoms with E-state index in [0.717, 1.165) is 16.8 Å². The molecule has 0 radical (unpaired) electrons. The van der Waals surface area contributed by atoms with Crippen molar-refractivity contribution >= 4 is 46.8 Å². The van der Waals surface area contributed by atoms with Crippen LogP contribution in [0.4, 0.5) is 5.69 Å². The standard InChI is InChI=1S/C23H25Cl2NO3/c1-14(2)17-6-5-7-18(15(3)4)23(17)26-21(27)13-29-22(28)11-9-16-8-10-19(24)20(25)12-16/h5-12,14-15H,13H2,1-4H3,(H,26,27)/b11-9+. The van der Waals surface area contributed by atoms with E-state index in [0.29, 0.717) is 15.6 Å². The summed E-state index contributed by atoms with van der Waals surface area (Å²) in [6.45, 7) is 7.92. The van der Waals surface area contributed by atoms with Crippen molar-refractivity contribution in [3.05, 3.63) is 69.2 Å². The Kier molecular flexibility index (Phi) is 8.30. The zero-order chi connectivity index (χ0) is 21.6. The number of nitrogens with one attached hydrogen (secondary N) is 1. The molecular weight excluding hydrogens is 409 g/mol. The molecule has 0 unspecified atom stereocenters. The minimum absolute atomic E-state index is 0.251. The molecule has 2 aromatic rings. The van der Waals surface area contributed by atoms with Crippen molar-refractivity contribution in [1.82, 2.24) is 0 Å². The highest BCUT2D eigenvalue weighted by Gasteiger charge is 2.16. The van der Waals surface area contributed by atoms with Crippen molar-refractivity contribution in [1.29, 1.82) is 0 Å². The van der Waals surface area contributed by atoms with Crippen LogP contribution in [0.1, 0.15) is 56.2 Å². The van der Waals surface area contributed by atoms with Crippen LogP contribution < -0.4 is 5.32 Å². The molecule has 0 aromatic heterocycles. The smallest absolute Gasteiger partial charge is 0.331 e. The van der Waals surface area contributed by atoms with Crippen molar-refractivity contribution < 1.29 is 14.3 Å². The molecule has 0 fully saturated rings. The number of halogens is 2. The number of esters is 1. The summed E-state index contributed by atoms with van der Waals surface area (Å²) >= 11 is 11.8. The fourth-order valence-corrected chi connectivity index (χ4v) is 3.14. The van der Waals surface area contributed by atoms with Gasteiger partial charge in [-0.1, -0.05) is 75.2 Å². The number of ether oxygens (including phenoxy) is 1. The fraction of sp³-hybridized carbons (Fsp3) is 0.304. The predicted octanol–water partition coefficient (Wildman–Crippen LogP) is 6.44. The van der Waals surface area contributed by atoms with E-state index in [1.54, 1.807) is 24.3 Å². The molecule has 0 bridgehead atoms. The van der Waals surface area contributed by atoms with Crippen molar-refractivity contribution in [2.24, 2.45) is 0 Å². The van der Waals surface area contributed by atoms with Crippen LogP contribution in [0.2, 0.25) is 10.0 Å². The predicted molar refractivity (Wildman–Crippen MR) is 120 cm³/mol. The molecule has 0 aliphatic rings. The van der Waals surface area contributed by atoms with Crippen LogP contribution in [0.5, 0.6) is 0 Å². The average Bonchev–Trinajstić information content (AvgIpc) is 2.67. The van der Waals surface area contributed by atoms with Crippen LogP contribution in [0.15, 0.2) is 42.5 Å². The minimum atomic E-state index is -0.618. The fourth-order valence-electron chi connectivity index (χ4n) is 2.84. The van der Waals surface area contributed by atoms with E-state index in [2.05, 4.69) is 33.0 Å². The maximum atomic E-state index is 12.4. The number of carbonyl (C=O) groups excluding carboxylic acids is 2. The van der Waals surface area contributed by atoms with E-state index >= 15 is 0 Å². The van der Waals surface area contributed by atoms with Crippen LogP contribution >= 0.6 is 23.2 Å². The van der Waals surface area contributed by atoms with E-state index in [1.165, 1.54) is 6.08 Å². The van der Waals surface area contributed by atoms with Crippen LogP contribution in [0.25, 0.3) is 6.08 Å². The summed E-state index contributed by atoms with van der Waals surface area (Å²) in [6.07, 6.45) is 2.79. The Morgan fingerprint density at radius 2 is 1.62 bits per heavy atom. The summed E-state index contributed by atoms with van der Waals surface area (Å²) in [5, 5.41) is 3.74. The Balaban J connectivity index is 2.00. The van der Waals surface area contributed by atoms with Crippen LogP contribution in [0, 0.1) is 0 Å². The number of hydrogen-bond acceptors (Lipinski definition) is 3. The first kappa shape index (κ1) is 23.0. The highest BCUT2D eigenvalue weighted by Crippen LogP contribution is 2.32. The summed E-state index contributed by atoms with van der Waals surface area (Å²) in [5.41, 5.74) is 3.60. The summed E-state index contributed by atoms with van der Waals surface area (Å²) in [5.74, 6) is -0.495. The maximum Gasteiger partial charge on any atom is 0.331 e. The molecule has 1 N–H and O–H groups in total. The van der Waals surface area contributed by atoms with E-state index < -0.39 is 5.97 Å². The molecule has 154 valence electrons. The first-order valence-electron chi connectivity index (χ1n) is 9.41. The van der Waals surface area contributed by atoms with E-state index in [4.69, 9.17) is 27.9 Å². The monoisotopic (exact) mass is 433 g/mol. The van der Waals surface area contributed by atoms with Gasteiger partial charge in [0.25, 0.3) is 5.91 Å². The maximum absolute atomic E-state index is 12.4. The van der Waals surface area contributed by atoms with Gasteiger partial charge in [-0.2, -0.15) is 0 Å². The number of hydrogen-bond donors (Lipinski definition) is 1. The minimum Gasteiger partial charge on any atom is -0.452 e. The summed E-state index contributed by atoms with van der Waals surface area (Å²) < 4.78 is 5.06. The van der Waals surface area contributed by atoms with E-state index in [-0.39, 0.29) is 24.3 Å². The second-order valence-corrected chi connectivity index (χ2v) is 8.10. The molecule has 1 amide bonds. The second-order valence-electron chi connectivity index (χ2n) is 7.28. The molecule has 6 heteroatoms. The lowest BCUT2D eigenvalue weighted by molar-refractivity contribution is -0.142. The molecule has 29 heavy (non-hydrogen) atoms. The van der Waals surface area contributed by atoms with Gasteiger partial charge in [0.2, 0.25) is 0 Å². The molecule has 0 atom stereocenters. The average molecular weight is 434 g/mol. The number of anilines is 1. The lowest BCUT2D eigenvalue weighted by Gasteiger charge is -2.20. The van der Waals surface area contributed by atoms with E-state index in [9.17, 15) is 9.59 Å². The molecule has 0 heterocycles. The quantitative estimate of drug-likeness (QED) is 0.403. The molecule has 0 saturated carbocycles. The van der Waals surface area contributed by atoms with Gasteiger partial charge in [0, 0.05) is 11.8 Å². The lowest BCUT2D eigenvalue weighted by Crippen LogP contribution is -2.22. The second kappa shape index (κ2) is 10.5. The summed E-state index contributed by atoms with van der Waals surface area (Å²) in [7, 11) is 0. The third kappa shape index (κ3) is 6.62.